The van der Waals surface area contributed by atoms with Gasteiger partial charge in [0.25, 0.3) is 5.69 Å². The van der Waals surface area contributed by atoms with E-state index in [0.29, 0.717) is 37.6 Å². The van der Waals surface area contributed by atoms with Crippen LogP contribution in [0.3, 0.4) is 0 Å². The van der Waals surface area contributed by atoms with E-state index in [-0.39, 0.29) is 10.6 Å². The number of thioether (sulfide) groups is 1. The fourth-order valence-electron chi connectivity index (χ4n) is 3.74. The fraction of sp³-hybridized carbons (Fsp3) is 0.200. The number of aromatic nitrogens is 1. The Morgan fingerprint density at radius 1 is 1.12 bits per heavy atom. The van der Waals surface area contributed by atoms with E-state index >= 15 is 0 Å². The monoisotopic (exact) mass is 490 g/mol. The number of hydrogen-bond donors (Lipinski definition) is 0. The summed E-state index contributed by atoms with van der Waals surface area (Å²) in [5.74, 6) is 0.880. The minimum Gasteiger partial charge on any atom is -0.378 e. The Labute approximate surface area is 205 Å². The molecule has 1 aliphatic heterocycles. The molecule has 5 rings (SSSR count). The number of anilines is 1. The van der Waals surface area contributed by atoms with Crippen LogP contribution < -0.4 is 4.90 Å². The van der Waals surface area contributed by atoms with Crippen LogP contribution in [0, 0.1) is 10.1 Å². The van der Waals surface area contributed by atoms with Crippen molar-refractivity contribution in [3.63, 3.8) is 0 Å². The second kappa shape index (κ2) is 10.3. The van der Waals surface area contributed by atoms with Gasteiger partial charge in [0, 0.05) is 31.1 Å². The van der Waals surface area contributed by atoms with Crippen LogP contribution in [0.25, 0.3) is 10.2 Å². The van der Waals surface area contributed by atoms with Gasteiger partial charge in [-0.15, -0.1) is 11.3 Å². The summed E-state index contributed by atoms with van der Waals surface area (Å²) in [5, 5.41) is 11.7. The maximum atomic E-state index is 11.7. The van der Waals surface area contributed by atoms with Gasteiger partial charge in [-0.25, -0.2) is 4.98 Å². The van der Waals surface area contributed by atoms with Crippen molar-refractivity contribution in [1.29, 1.82) is 0 Å². The molecular formula is C25H22N4O3S2. The van der Waals surface area contributed by atoms with E-state index in [2.05, 4.69) is 17.1 Å². The maximum absolute atomic E-state index is 11.7. The smallest absolute Gasteiger partial charge is 0.293 e. The molecule has 7 nitrogen and oxygen atoms in total. The zero-order chi connectivity index (χ0) is 23.3. The SMILES string of the molecule is O=[N+]([O-])c1cc(C=Nc2ccc3nc(SCc4ccccc4)sc3c2)ccc1N1CCOCC1. The molecule has 0 atom stereocenters. The van der Waals surface area contributed by atoms with Gasteiger partial charge in [0.05, 0.1) is 34.0 Å². The summed E-state index contributed by atoms with van der Waals surface area (Å²) in [6.45, 7) is 2.45. The topological polar surface area (TPSA) is 80.9 Å². The van der Waals surface area contributed by atoms with E-state index in [9.17, 15) is 10.1 Å². The molecule has 0 aliphatic carbocycles. The molecule has 1 saturated heterocycles. The number of nitrogens with zero attached hydrogens (tertiary/aromatic N) is 4. The highest BCUT2D eigenvalue weighted by Crippen LogP contribution is 2.34. The molecule has 0 radical (unpaired) electrons. The highest BCUT2D eigenvalue weighted by molar-refractivity contribution is 8.00. The summed E-state index contributed by atoms with van der Waals surface area (Å²) in [7, 11) is 0. The Morgan fingerprint density at radius 3 is 2.74 bits per heavy atom. The highest BCUT2D eigenvalue weighted by atomic mass is 32.2. The van der Waals surface area contributed by atoms with E-state index in [4.69, 9.17) is 9.72 Å². The normalized spacial score (nSPS) is 14.2. The first kappa shape index (κ1) is 22.5. The molecule has 9 heteroatoms. The number of morpholine rings is 1. The number of benzene rings is 3. The van der Waals surface area contributed by atoms with Crippen LogP contribution in [0.2, 0.25) is 0 Å². The predicted octanol–water partition coefficient (Wildman–Crippen LogP) is 6.08. The van der Waals surface area contributed by atoms with E-state index in [1.807, 2.05) is 47.4 Å². The summed E-state index contributed by atoms with van der Waals surface area (Å²) < 4.78 is 7.45. The zero-order valence-electron chi connectivity index (χ0n) is 18.3. The number of hydrogen-bond acceptors (Lipinski definition) is 8. The van der Waals surface area contributed by atoms with Crippen molar-refractivity contribution in [2.24, 2.45) is 4.99 Å². The van der Waals surface area contributed by atoms with Crippen molar-refractivity contribution >= 4 is 56.6 Å². The highest BCUT2D eigenvalue weighted by Gasteiger charge is 2.21. The van der Waals surface area contributed by atoms with E-state index in [1.165, 1.54) is 5.56 Å². The minimum atomic E-state index is -0.333. The van der Waals surface area contributed by atoms with Gasteiger partial charge < -0.3 is 9.64 Å². The molecule has 1 aromatic heterocycles. The predicted molar refractivity (Wildman–Crippen MR) is 139 cm³/mol. The lowest BCUT2D eigenvalue weighted by atomic mass is 10.1. The molecule has 4 aromatic rings. The van der Waals surface area contributed by atoms with Crippen LogP contribution in [0.5, 0.6) is 0 Å². The molecule has 0 spiro atoms. The van der Waals surface area contributed by atoms with Gasteiger partial charge in [0.1, 0.15) is 5.69 Å². The number of fused-ring (bicyclic) bond motifs is 1. The van der Waals surface area contributed by atoms with Crippen molar-refractivity contribution < 1.29 is 9.66 Å². The van der Waals surface area contributed by atoms with Gasteiger partial charge >= 0.3 is 0 Å². The Kier molecular flexibility index (Phi) is 6.84. The van der Waals surface area contributed by atoms with Crippen molar-refractivity contribution in [3.8, 4) is 0 Å². The molecule has 34 heavy (non-hydrogen) atoms. The number of nitro benzene ring substituents is 1. The van der Waals surface area contributed by atoms with Crippen LogP contribution in [-0.2, 0) is 10.5 Å². The Morgan fingerprint density at radius 2 is 1.94 bits per heavy atom. The largest absolute Gasteiger partial charge is 0.378 e. The fourth-order valence-corrected chi connectivity index (χ4v) is 5.80. The number of rotatable bonds is 7. The van der Waals surface area contributed by atoms with Gasteiger partial charge in [-0.1, -0.05) is 48.2 Å². The molecule has 172 valence electrons. The lowest BCUT2D eigenvalue weighted by Crippen LogP contribution is -2.36. The summed E-state index contributed by atoms with van der Waals surface area (Å²) >= 11 is 3.38. The standard InChI is InChI=1S/C25H22N4O3S2/c30-29(31)23-14-19(6-9-22(23)28-10-12-32-13-11-28)16-26-20-7-8-21-24(15-20)34-25(27-21)33-17-18-4-2-1-3-5-18/h1-9,14-16H,10-13,17H2. The van der Waals surface area contributed by atoms with Crippen molar-refractivity contribution in [3.05, 3.63) is 88.0 Å². The third kappa shape index (κ3) is 5.27. The van der Waals surface area contributed by atoms with Gasteiger partial charge in [0.15, 0.2) is 4.34 Å². The van der Waals surface area contributed by atoms with Gasteiger partial charge in [-0.3, -0.25) is 15.1 Å². The molecule has 3 aromatic carbocycles. The van der Waals surface area contributed by atoms with E-state index in [1.54, 1.807) is 41.4 Å². The average Bonchev–Trinajstić information content (AvgIpc) is 3.29. The van der Waals surface area contributed by atoms with Crippen LogP contribution in [0.4, 0.5) is 17.1 Å². The first-order valence-corrected chi connectivity index (χ1v) is 12.7. The quantitative estimate of drug-likeness (QED) is 0.135. The molecule has 0 unspecified atom stereocenters. The second-order valence-electron chi connectivity index (χ2n) is 7.77. The molecule has 0 amide bonds. The summed E-state index contributed by atoms with van der Waals surface area (Å²) in [5.41, 5.74) is 4.40. The summed E-state index contributed by atoms with van der Waals surface area (Å²) in [6.07, 6.45) is 1.67. The molecule has 0 bridgehead atoms. The van der Waals surface area contributed by atoms with Crippen LogP contribution in [-0.4, -0.2) is 42.4 Å². The molecule has 2 heterocycles. The molecular weight excluding hydrogens is 468 g/mol. The Balaban J connectivity index is 1.32. The third-order valence-corrected chi connectivity index (χ3v) is 7.70. The second-order valence-corrected chi connectivity index (χ2v) is 10.0. The summed E-state index contributed by atoms with van der Waals surface area (Å²) in [4.78, 5) is 22.6. The summed E-state index contributed by atoms with van der Waals surface area (Å²) in [6, 6.07) is 21.5. The number of nitro groups is 1. The van der Waals surface area contributed by atoms with Crippen LogP contribution in [0.15, 0.2) is 76.1 Å². The number of thiazole rings is 1. The van der Waals surface area contributed by atoms with E-state index in [0.717, 1.165) is 26.0 Å². The average molecular weight is 491 g/mol. The first-order chi connectivity index (χ1) is 16.7. The molecule has 0 N–H and O–H groups in total. The number of ether oxygens (including phenoxy) is 1. The number of aliphatic imine (C=N–C) groups is 1. The first-order valence-electron chi connectivity index (χ1n) is 10.9. The van der Waals surface area contributed by atoms with Crippen molar-refractivity contribution in [2.45, 2.75) is 10.1 Å². The van der Waals surface area contributed by atoms with Crippen LogP contribution >= 0.6 is 23.1 Å². The minimum absolute atomic E-state index is 0.0869. The van der Waals surface area contributed by atoms with Gasteiger partial charge in [-0.2, -0.15) is 0 Å². The van der Waals surface area contributed by atoms with E-state index < -0.39 is 0 Å². The van der Waals surface area contributed by atoms with Crippen molar-refractivity contribution in [1.82, 2.24) is 4.98 Å². The van der Waals surface area contributed by atoms with Crippen molar-refractivity contribution in [2.75, 3.05) is 31.2 Å². The lowest BCUT2D eigenvalue weighted by molar-refractivity contribution is -0.384. The Bertz CT molecular complexity index is 1330. The third-order valence-electron chi connectivity index (χ3n) is 5.47. The maximum Gasteiger partial charge on any atom is 0.293 e. The molecule has 1 aliphatic rings. The van der Waals surface area contributed by atoms with Gasteiger partial charge in [0.2, 0.25) is 0 Å². The molecule has 1 fully saturated rings. The molecule has 0 saturated carbocycles. The Hall–Kier alpha value is -3.27. The zero-order valence-corrected chi connectivity index (χ0v) is 19.9. The van der Waals surface area contributed by atoms with Gasteiger partial charge in [-0.05, 0) is 35.4 Å². The lowest BCUT2D eigenvalue weighted by Gasteiger charge is -2.28. The van der Waals surface area contributed by atoms with Crippen LogP contribution in [0.1, 0.15) is 11.1 Å².